The van der Waals surface area contributed by atoms with E-state index in [1.54, 1.807) is 4.90 Å². The Balaban J connectivity index is 1.64. The van der Waals surface area contributed by atoms with Crippen molar-refractivity contribution in [3.05, 3.63) is 88.3 Å². The first-order chi connectivity index (χ1) is 16.8. The van der Waals surface area contributed by atoms with Gasteiger partial charge in [-0.1, -0.05) is 83.7 Å². The molecule has 0 aromatic heterocycles. The predicted molar refractivity (Wildman–Crippen MR) is 154 cm³/mol. The first-order valence-corrected chi connectivity index (χ1v) is 13.1. The minimum absolute atomic E-state index is 0.163. The highest BCUT2D eigenvalue weighted by molar-refractivity contribution is 8.27. The average Bonchev–Trinajstić information content (AvgIpc) is 3.07. The lowest BCUT2D eigenvalue weighted by molar-refractivity contribution is -0.113. The molecule has 0 unspecified atom stereocenters. The second-order valence-electron chi connectivity index (χ2n) is 10.9. The lowest BCUT2D eigenvalue weighted by Gasteiger charge is -2.28. The molecule has 1 amide bonds. The molecule has 6 heteroatoms. The SMILES string of the molecule is CC(C)(C)c1cc(/C=C2\SC(=S)N(c3ccc(Oc4ccccc4)cc3)C2=O)cc(C(C)(C)C)c1O. The van der Waals surface area contributed by atoms with Gasteiger partial charge >= 0.3 is 0 Å². The molecule has 1 fully saturated rings. The van der Waals surface area contributed by atoms with E-state index in [4.69, 9.17) is 17.0 Å². The van der Waals surface area contributed by atoms with Crippen molar-refractivity contribution >= 4 is 46.0 Å². The zero-order valence-corrected chi connectivity index (χ0v) is 23.1. The third-order valence-corrected chi connectivity index (χ3v) is 7.22. The van der Waals surface area contributed by atoms with E-state index in [1.807, 2.05) is 72.8 Å². The lowest BCUT2D eigenvalue weighted by atomic mass is 9.78. The van der Waals surface area contributed by atoms with Crippen LogP contribution in [-0.2, 0) is 15.6 Å². The van der Waals surface area contributed by atoms with Crippen molar-refractivity contribution in [1.82, 2.24) is 0 Å². The molecule has 4 nitrogen and oxygen atoms in total. The Hall–Kier alpha value is -3.09. The molecule has 3 aromatic rings. The van der Waals surface area contributed by atoms with Crippen LogP contribution in [0.2, 0.25) is 0 Å². The first-order valence-electron chi connectivity index (χ1n) is 11.8. The number of carbonyl (C=O) groups is 1. The van der Waals surface area contributed by atoms with E-state index < -0.39 is 0 Å². The number of phenolic OH excluding ortho intramolecular Hbond substituents is 1. The highest BCUT2D eigenvalue weighted by atomic mass is 32.2. The largest absolute Gasteiger partial charge is 0.507 e. The number of carbonyl (C=O) groups excluding carboxylic acids is 1. The van der Waals surface area contributed by atoms with Gasteiger partial charge in [0.05, 0.1) is 10.6 Å². The summed E-state index contributed by atoms with van der Waals surface area (Å²) in [5.74, 6) is 1.58. The topological polar surface area (TPSA) is 49.8 Å². The van der Waals surface area contributed by atoms with Gasteiger partial charge in [0, 0.05) is 11.1 Å². The summed E-state index contributed by atoms with van der Waals surface area (Å²) >= 11 is 6.86. The summed E-state index contributed by atoms with van der Waals surface area (Å²) in [6, 6.07) is 20.8. The van der Waals surface area contributed by atoms with Crippen molar-refractivity contribution in [3.8, 4) is 17.2 Å². The third-order valence-electron chi connectivity index (χ3n) is 5.91. The molecule has 3 aromatic carbocycles. The van der Waals surface area contributed by atoms with Gasteiger partial charge in [0.25, 0.3) is 5.91 Å². The fourth-order valence-electron chi connectivity index (χ4n) is 4.01. The summed E-state index contributed by atoms with van der Waals surface area (Å²) in [5.41, 5.74) is 2.76. The van der Waals surface area contributed by atoms with E-state index >= 15 is 0 Å². The highest BCUT2D eigenvalue weighted by Gasteiger charge is 2.34. The number of nitrogens with zero attached hydrogens (tertiary/aromatic N) is 1. The van der Waals surface area contributed by atoms with Gasteiger partial charge in [-0.2, -0.15) is 0 Å². The van der Waals surface area contributed by atoms with E-state index in [9.17, 15) is 9.90 Å². The van der Waals surface area contributed by atoms with E-state index in [1.165, 1.54) is 11.8 Å². The van der Waals surface area contributed by atoms with Crippen LogP contribution in [0.3, 0.4) is 0 Å². The molecule has 1 saturated heterocycles. The van der Waals surface area contributed by atoms with Crippen molar-refractivity contribution in [2.24, 2.45) is 0 Å². The maximum atomic E-state index is 13.4. The number of amides is 1. The van der Waals surface area contributed by atoms with E-state index in [2.05, 4.69) is 41.5 Å². The van der Waals surface area contributed by atoms with Crippen LogP contribution in [0.5, 0.6) is 17.2 Å². The Morgan fingerprint density at radius 3 is 1.92 bits per heavy atom. The quantitative estimate of drug-likeness (QED) is 0.279. The molecular weight excluding hydrogens is 486 g/mol. The van der Waals surface area contributed by atoms with Crippen molar-refractivity contribution < 1.29 is 14.6 Å². The minimum Gasteiger partial charge on any atom is -0.507 e. The van der Waals surface area contributed by atoms with Crippen molar-refractivity contribution in [1.29, 1.82) is 0 Å². The number of aromatic hydroxyl groups is 1. The lowest BCUT2D eigenvalue weighted by Crippen LogP contribution is -2.27. The Labute approximate surface area is 223 Å². The number of rotatable bonds is 4. The molecule has 0 aliphatic carbocycles. The number of thioether (sulfide) groups is 1. The molecule has 0 bridgehead atoms. The number of hydrogen-bond acceptors (Lipinski definition) is 5. The van der Waals surface area contributed by atoms with Gasteiger partial charge in [-0.05, 0) is 71.0 Å². The zero-order valence-electron chi connectivity index (χ0n) is 21.5. The van der Waals surface area contributed by atoms with Crippen LogP contribution in [0.1, 0.15) is 58.2 Å². The molecule has 0 atom stereocenters. The normalized spacial score (nSPS) is 15.6. The van der Waals surface area contributed by atoms with Gasteiger partial charge in [0.1, 0.15) is 17.2 Å². The summed E-state index contributed by atoms with van der Waals surface area (Å²) in [7, 11) is 0. The molecular formula is C30H31NO3S2. The summed E-state index contributed by atoms with van der Waals surface area (Å²) in [6.07, 6.45) is 1.87. The average molecular weight is 518 g/mol. The van der Waals surface area contributed by atoms with Gasteiger partial charge in [0.2, 0.25) is 0 Å². The summed E-state index contributed by atoms with van der Waals surface area (Å²) in [5, 5.41) is 11.0. The van der Waals surface area contributed by atoms with E-state index in [0.717, 1.165) is 22.4 Å². The number of para-hydroxylation sites is 1. The molecule has 0 radical (unpaired) electrons. The molecule has 186 valence electrons. The van der Waals surface area contributed by atoms with Crippen LogP contribution in [-0.4, -0.2) is 15.3 Å². The van der Waals surface area contributed by atoms with Gasteiger partial charge in [0.15, 0.2) is 4.32 Å². The third kappa shape index (κ3) is 5.50. The monoisotopic (exact) mass is 517 g/mol. The molecule has 0 spiro atoms. The summed E-state index contributed by atoms with van der Waals surface area (Å²) in [6.45, 7) is 12.4. The fourth-order valence-corrected chi connectivity index (χ4v) is 5.31. The smallest absolute Gasteiger partial charge is 0.270 e. The van der Waals surface area contributed by atoms with Crippen LogP contribution in [0.4, 0.5) is 5.69 Å². The molecule has 1 aliphatic heterocycles. The van der Waals surface area contributed by atoms with Crippen molar-refractivity contribution in [2.45, 2.75) is 52.4 Å². The van der Waals surface area contributed by atoms with Crippen LogP contribution in [0, 0.1) is 0 Å². The van der Waals surface area contributed by atoms with E-state index in [0.29, 0.717) is 26.4 Å². The zero-order chi connectivity index (χ0) is 26.3. The number of benzene rings is 3. The molecule has 4 rings (SSSR count). The van der Waals surface area contributed by atoms with Crippen molar-refractivity contribution in [2.75, 3.05) is 4.90 Å². The summed E-state index contributed by atoms with van der Waals surface area (Å²) in [4.78, 5) is 15.5. The number of hydrogen-bond donors (Lipinski definition) is 1. The predicted octanol–water partition coefficient (Wildman–Crippen LogP) is 8.19. The standard InChI is InChI=1S/C30H31NO3S2/c1-29(2,3)23-16-19(17-24(26(23)32)30(4,5)6)18-25-27(33)31(28(35)36-25)20-12-14-22(15-13-20)34-21-10-8-7-9-11-21/h7-18,32H,1-6H3/b25-18-. The van der Waals surface area contributed by atoms with Crippen LogP contribution < -0.4 is 9.64 Å². The van der Waals surface area contributed by atoms with Gasteiger partial charge in [-0.25, -0.2) is 0 Å². The highest BCUT2D eigenvalue weighted by Crippen LogP contribution is 2.42. The Kier molecular flexibility index (Phi) is 7.04. The fraction of sp³-hybridized carbons (Fsp3) is 0.267. The van der Waals surface area contributed by atoms with Gasteiger partial charge in [-0.15, -0.1) is 0 Å². The molecule has 1 heterocycles. The van der Waals surface area contributed by atoms with Crippen LogP contribution in [0.25, 0.3) is 6.08 Å². The van der Waals surface area contributed by atoms with Crippen molar-refractivity contribution in [3.63, 3.8) is 0 Å². The van der Waals surface area contributed by atoms with E-state index in [-0.39, 0.29) is 16.7 Å². The van der Waals surface area contributed by atoms with Gasteiger partial charge < -0.3 is 9.84 Å². The Morgan fingerprint density at radius 2 is 1.39 bits per heavy atom. The van der Waals surface area contributed by atoms with Gasteiger partial charge in [-0.3, -0.25) is 9.69 Å². The summed E-state index contributed by atoms with van der Waals surface area (Å²) < 4.78 is 6.34. The second-order valence-corrected chi connectivity index (χ2v) is 12.6. The number of phenols is 1. The number of thiocarbonyl (C=S) groups is 1. The van der Waals surface area contributed by atoms with Crippen LogP contribution >= 0.6 is 24.0 Å². The maximum absolute atomic E-state index is 13.4. The Bertz CT molecular complexity index is 1300. The van der Waals surface area contributed by atoms with Crippen LogP contribution in [0.15, 0.2) is 71.6 Å². The molecule has 36 heavy (non-hydrogen) atoms. The maximum Gasteiger partial charge on any atom is 0.270 e. The second kappa shape index (κ2) is 9.75. The molecule has 1 aliphatic rings. The first kappa shape index (κ1) is 26.0. The number of ether oxygens (including phenoxy) is 1. The number of anilines is 1. The minimum atomic E-state index is -0.254. The molecule has 1 N–H and O–H groups in total. The Morgan fingerprint density at radius 1 is 0.861 bits per heavy atom. The molecule has 0 saturated carbocycles.